The van der Waals surface area contributed by atoms with Crippen LogP contribution in [0.4, 0.5) is 0 Å². The van der Waals surface area contributed by atoms with Crippen LogP contribution in [0.5, 0.6) is 0 Å². The molecule has 0 saturated carbocycles. The molecule has 3 rings (SSSR count). The molecule has 1 unspecified atom stereocenters. The molecule has 0 spiro atoms. The Morgan fingerprint density at radius 2 is 1.19 bits per heavy atom. The molecule has 1 atom stereocenters. The normalized spacial score (nSPS) is 12.5. The lowest BCUT2D eigenvalue weighted by Gasteiger charge is -2.36. The Morgan fingerprint density at radius 3 is 1.48 bits per heavy atom. The van der Waals surface area contributed by atoms with Gasteiger partial charge in [0.2, 0.25) is 0 Å². The van der Waals surface area contributed by atoms with Crippen LogP contribution in [-0.4, -0.2) is 24.5 Å². The van der Waals surface area contributed by atoms with Crippen LogP contribution in [-0.2, 0) is 19.9 Å². The summed E-state index contributed by atoms with van der Waals surface area (Å²) in [6, 6.07) is 29.2. The fourth-order valence-corrected chi connectivity index (χ4v) is 3.08. The maximum atomic E-state index is 11.4. The van der Waals surface area contributed by atoms with E-state index in [2.05, 4.69) is 5.48 Å². The number of aliphatic carboxylic acids is 1. The molecular weight excluding hydrogens is 342 g/mol. The van der Waals surface area contributed by atoms with E-state index in [-0.39, 0.29) is 0 Å². The molecule has 0 aromatic heterocycles. The Kier molecular flexibility index (Phi) is 5.98. The highest BCUT2D eigenvalue weighted by Gasteiger charge is 2.38. The number of carboxylic acids is 1. The van der Waals surface area contributed by atoms with Crippen LogP contribution in [0, 0.1) is 0 Å². The Hall–Kier alpha value is -2.99. The highest BCUT2D eigenvalue weighted by Crippen LogP contribution is 2.36. The Morgan fingerprint density at radius 1 is 0.815 bits per heavy atom. The summed E-state index contributed by atoms with van der Waals surface area (Å²) >= 11 is 0. The van der Waals surface area contributed by atoms with Crippen molar-refractivity contribution in [1.82, 2.24) is 5.48 Å². The number of hydrogen-bond acceptors (Lipinski definition) is 4. The summed E-state index contributed by atoms with van der Waals surface area (Å²) in [6.45, 7) is 0. The monoisotopic (exact) mass is 363 g/mol. The Labute approximate surface area is 158 Å². The second-order valence-corrected chi connectivity index (χ2v) is 5.97. The standard InChI is InChI=1S/C22H21NO4/c1-26-21(20(24)25)27-23-22(17-11-5-2-6-12-17,18-13-7-3-8-14-18)19-15-9-4-10-16-19/h2-16,21,23H,1H3,(H,24,25). The van der Waals surface area contributed by atoms with E-state index in [9.17, 15) is 9.90 Å². The zero-order valence-electron chi connectivity index (χ0n) is 14.9. The van der Waals surface area contributed by atoms with Gasteiger partial charge in [0.15, 0.2) is 0 Å². The van der Waals surface area contributed by atoms with E-state index in [1.54, 1.807) is 0 Å². The third kappa shape index (κ3) is 3.90. The first-order chi connectivity index (χ1) is 13.2. The SMILES string of the molecule is COC(ONC(c1ccccc1)(c1ccccc1)c1ccccc1)C(=O)O. The number of nitrogens with one attached hydrogen (secondary N) is 1. The van der Waals surface area contributed by atoms with E-state index < -0.39 is 17.8 Å². The van der Waals surface area contributed by atoms with Crippen molar-refractivity contribution in [3.63, 3.8) is 0 Å². The highest BCUT2D eigenvalue weighted by atomic mass is 16.8. The number of benzene rings is 3. The average molecular weight is 363 g/mol. The quantitative estimate of drug-likeness (QED) is 0.364. The summed E-state index contributed by atoms with van der Waals surface area (Å²) in [6.07, 6.45) is -1.44. The van der Waals surface area contributed by atoms with E-state index >= 15 is 0 Å². The predicted octanol–water partition coefficient (Wildman–Crippen LogP) is 3.56. The summed E-state index contributed by atoms with van der Waals surface area (Å²) in [5.41, 5.74) is 4.80. The summed E-state index contributed by atoms with van der Waals surface area (Å²) in [5, 5.41) is 9.29. The molecule has 0 amide bonds. The first-order valence-corrected chi connectivity index (χ1v) is 8.53. The molecule has 0 aliphatic rings. The van der Waals surface area contributed by atoms with E-state index in [1.165, 1.54) is 7.11 Å². The van der Waals surface area contributed by atoms with Crippen LogP contribution in [0.2, 0.25) is 0 Å². The molecule has 27 heavy (non-hydrogen) atoms. The van der Waals surface area contributed by atoms with Crippen LogP contribution in [0.1, 0.15) is 16.7 Å². The molecule has 2 N–H and O–H groups in total. The zero-order valence-corrected chi connectivity index (χ0v) is 14.9. The Bertz CT molecular complexity index is 757. The van der Waals surface area contributed by atoms with Crippen LogP contribution in [0.3, 0.4) is 0 Å². The minimum atomic E-state index is -1.44. The summed E-state index contributed by atoms with van der Waals surface area (Å²) in [4.78, 5) is 16.9. The van der Waals surface area contributed by atoms with Gasteiger partial charge in [-0.05, 0) is 16.7 Å². The maximum Gasteiger partial charge on any atom is 0.362 e. The van der Waals surface area contributed by atoms with Crippen molar-refractivity contribution >= 4 is 5.97 Å². The number of methoxy groups -OCH3 is 1. The van der Waals surface area contributed by atoms with Gasteiger partial charge in [0.1, 0.15) is 5.54 Å². The molecule has 138 valence electrons. The fourth-order valence-electron chi connectivity index (χ4n) is 3.08. The predicted molar refractivity (Wildman–Crippen MR) is 102 cm³/mol. The van der Waals surface area contributed by atoms with Gasteiger partial charge in [-0.25, -0.2) is 4.79 Å². The second kappa shape index (κ2) is 8.60. The van der Waals surface area contributed by atoms with Crippen molar-refractivity contribution in [3.8, 4) is 0 Å². The minimum absolute atomic E-state index is 0.905. The molecule has 0 aliphatic heterocycles. The minimum Gasteiger partial charge on any atom is -0.477 e. The molecule has 3 aromatic carbocycles. The van der Waals surface area contributed by atoms with Gasteiger partial charge in [-0.3, -0.25) is 4.84 Å². The van der Waals surface area contributed by atoms with Gasteiger partial charge < -0.3 is 9.84 Å². The Balaban J connectivity index is 2.18. The van der Waals surface area contributed by atoms with Gasteiger partial charge in [0.05, 0.1) is 0 Å². The van der Waals surface area contributed by atoms with Crippen molar-refractivity contribution in [2.75, 3.05) is 7.11 Å². The lowest BCUT2D eigenvalue weighted by atomic mass is 9.78. The number of carbonyl (C=O) groups is 1. The lowest BCUT2D eigenvalue weighted by Crippen LogP contribution is -2.47. The molecule has 0 bridgehead atoms. The molecule has 0 heterocycles. The third-order valence-corrected chi connectivity index (χ3v) is 4.36. The smallest absolute Gasteiger partial charge is 0.362 e. The summed E-state index contributed by atoms with van der Waals surface area (Å²) < 4.78 is 4.93. The number of carboxylic acid groups (broad SMARTS) is 1. The van der Waals surface area contributed by atoms with E-state index in [0.29, 0.717) is 0 Å². The van der Waals surface area contributed by atoms with E-state index in [4.69, 9.17) is 9.57 Å². The van der Waals surface area contributed by atoms with Gasteiger partial charge in [0.25, 0.3) is 6.29 Å². The number of hydroxylamine groups is 1. The maximum absolute atomic E-state index is 11.4. The highest BCUT2D eigenvalue weighted by molar-refractivity contribution is 5.70. The molecule has 0 aliphatic carbocycles. The molecule has 0 radical (unpaired) electrons. The number of hydrogen-bond donors (Lipinski definition) is 2. The van der Waals surface area contributed by atoms with Crippen molar-refractivity contribution in [1.29, 1.82) is 0 Å². The molecular formula is C22H21NO4. The van der Waals surface area contributed by atoms with Gasteiger partial charge in [-0.1, -0.05) is 91.0 Å². The first-order valence-electron chi connectivity index (χ1n) is 8.53. The van der Waals surface area contributed by atoms with Crippen LogP contribution in [0.15, 0.2) is 91.0 Å². The van der Waals surface area contributed by atoms with Crippen molar-refractivity contribution in [2.24, 2.45) is 0 Å². The van der Waals surface area contributed by atoms with E-state index in [1.807, 2.05) is 91.0 Å². The average Bonchev–Trinajstić information content (AvgIpc) is 2.73. The zero-order chi connectivity index (χ0) is 19.1. The van der Waals surface area contributed by atoms with E-state index in [0.717, 1.165) is 16.7 Å². The topological polar surface area (TPSA) is 67.8 Å². The van der Waals surface area contributed by atoms with Gasteiger partial charge in [-0.15, -0.1) is 0 Å². The van der Waals surface area contributed by atoms with Gasteiger partial charge in [0, 0.05) is 7.11 Å². The van der Waals surface area contributed by atoms with Crippen LogP contribution in [0.25, 0.3) is 0 Å². The molecule has 0 fully saturated rings. The third-order valence-electron chi connectivity index (χ3n) is 4.36. The van der Waals surface area contributed by atoms with Crippen molar-refractivity contribution in [3.05, 3.63) is 108 Å². The summed E-state index contributed by atoms with van der Waals surface area (Å²) in [5.74, 6) is -1.21. The molecule has 5 heteroatoms. The van der Waals surface area contributed by atoms with Crippen LogP contribution >= 0.6 is 0 Å². The number of ether oxygens (including phenoxy) is 1. The summed E-state index contributed by atoms with van der Waals surface area (Å²) in [7, 11) is 1.29. The molecule has 3 aromatic rings. The first kappa shape index (κ1) is 18.8. The number of rotatable bonds is 8. The van der Waals surface area contributed by atoms with Crippen molar-refractivity contribution in [2.45, 2.75) is 11.8 Å². The lowest BCUT2D eigenvalue weighted by molar-refractivity contribution is -0.205. The van der Waals surface area contributed by atoms with Gasteiger partial charge >= 0.3 is 5.97 Å². The fraction of sp³-hybridized carbons (Fsp3) is 0.136. The largest absolute Gasteiger partial charge is 0.477 e. The second-order valence-electron chi connectivity index (χ2n) is 5.97. The van der Waals surface area contributed by atoms with Crippen molar-refractivity contribution < 1.29 is 19.5 Å². The molecule has 5 nitrogen and oxygen atoms in total. The molecule has 0 saturated heterocycles. The van der Waals surface area contributed by atoms with Crippen LogP contribution < -0.4 is 5.48 Å². The van der Waals surface area contributed by atoms with Gasteiger partial charge in [-0.2, -0.15) is 5.48 Å².